The van der Waals surface area contributed by atoms with Crippen LogP contribution in [0, 0.1) is 5.92 Å². The van der Waals surface area contributed by atoms with Gasteiger partial charge < -0.3 is 9.88 Å². The van der Waals surface area contributed by atoms with E-state index >= 15 is 0 Å². The number of hydrogen-bond acceptors (Lipinski definition) is 4. The highest BCUT2D eigenvalue weighted by molar-refractivity contribution is 5.79. The number of nitrogens with zero attached hydrogens (tertiary/aromatic N) is 3. The Hall–Kier alpha value is -1.69. The summed E-state index contributed by atoms with van der Waals surface area (Å²) in [6.07, 6.45) is 12.8. The van der Waals surface area contributed by atoms with Gasteiger partial charge in [-0.15, -0.1) is 0 Å². The molecule has 29 heavy (non-hydrogen) atoms. The maximum Gasteiger partial charge on any atom is 0.254 e. The molecule has 0 unspecified atom stereocenters. The number of aromatic nitrogens is 2. The van der Waals surface area contributed by atoms with Crippen LogP contribution in [-0.2, 0) is 17.8 Å². The van der Waals surface area contributed by atoms with Crippen LogP contribution in [0.1, 0.15) is 87.2 Å². The first-order chi connectivity index (χ1) is 14.2. The molecule has 6 nitrogen and oxygen atoms in total. The Labute approximate surface area is 173 Å². The van der Waals surface area contributed by atoms with Crippen molar-refractivity contribution in [2.75, 3.05) is 19.6 Å². The van der Waals surface area contributed by atoms with Gasteiger partial charge in [-0.3, -0.25) is 14.5 Å². The minimum absolute atomic E-state index is 0.0499. The molecule has 3 fully saturated rings. The second-order valence-electron chi connectivity index (χ2n) is 9.64. The van der Waals surface area contributed by atoms with Gasteiger partial charge in [-0.25, -0.2) is 4.98 Å². The van der Waals surface area contributed by atoms with Gasteiger partial charge in [-0.1, -0.05) is 32.1 Å². The third kappa shape index (κ3) is 3.88. The third-order valence-electron chi connectivity index (χ3n) is 7.80. The summed E-state index contributed by atoms with van der Waals surface area (Å²) in [5, 5.41) is 0. The summed E-state index contributed by atoms with van der Waals surface area (Å²) in [7, 11) is 0. The standard InChI is InChI=1S/C23H34N4O2/c28-22-19-11-13-26(18-8-2-1-3-9-18)15-20(19)24-21(25-22)17-10-12-27(14-17)23(29)16-6-4-5-7-16/h16-18H,1-15H2,(H,24,25,28)/t17-/m0/s1. The summed E-state index contributed by atoms with van der Waals surface area (Å²) >= 11 is 0. The number of nitrogens with one attached hydrogen (secondary N) is 1. The quantitative estimate of drug-likeness (QED) is 0.850. The van der Waals surface area contributed by atoms with Gasteiger partial charge in [0.05, 0.1) is 5.69 Å². The van der Waals surface area contributed by atoms with E-state index in [1.165, 1.54) is 44.9 Å². The van der Waals surface area contributed by atoms with E-state index in [0.29, 0.717) is 18.5 Å². The number of hydrogen-bond donors (Lipinski definition) is 1. The van der Waals surface area contributed by atoms with Crippen molar-refractivity contribution in [1.29, 1.82) is 0 Å². The van der Waals surface area contributed by atoms with E-state index in [9.17, 15) is 9.59 Å². The summed E-state index contributed by atoms with van der Waals surface area (Å²) in [5.74, 6) is 1.53. The van der Waals surface area contributed by atoms with Crippen molar-refractivity contribution in [2.45, 2.75) is 89.1 Å². The van der Waals surface area contributed by atoms with E-state index < -0.39 is 0 Å². The van der Waals surface area contributed by atoms with E-state index in [1.807, 2.05) is 4.90 Å². The molecule has 2 aliphatic carbocycles. The number of carbonyl (C=O) groups excluding carboxylic acids is 1. The van der Waals surface area contributed by atoms with Crippen molar-refractivity contribution in [3.05, 3.63) is 27.4 Å². The molecule has 1 amide bonds. The Morgan fingerprint density at radius 2 is 1.72 bits per heavy atom. The number of aromatic amines is 1. The molecule has 1 N–H and O–H groups in total. The largest absolute Gasteiger partial charge is 0.342 e. The lowest BCUT2D eigenvalue weighted by Gasteiger charge is -2.37. The van der Waals surface area contributed by atoms with Crippen LogP contribution in [0.15, 0.2) is 4.79 Å². The number of carbonyl (C=O) groups is 1. The van der Waals surface area contributed by atoms with Gasteiger partial charge in [-0.05, 0) is 38.5 Å². The van der Waals surface area contributed by atoms with Gasteiger partial charge in [-0.2, -0.15) is 0 Å². The zero-order valence-corrected chi connectivity index (χ0v) is 17.5. The second-order valence-corrected chi connectivity index (χ2v) is 9.64. The molecule has 1 atom stereocenters. The lowest BCUT2D eigenvalue weighted by Crippen LogP contribution is -2.42. The second kappa shape index (κ2) is 8.21. The Kier molecular flexibility index (Phi) is 5.46. The Balaban J connectivity index is 1.30. The summed E-state index contributed by atoms with van der Waals surface area (Å²) in [4.78, 5) is 38.1. The number of rotatable bonds is 3. The molecule has 2 saturated carbocycles. The maximum absolute atomic E-state index is 12.8. The van der Waals surface area contributed by atoms with Gasteiger partial charge >= 0.3 is 0 Å². The van der Waals surface area contributed by atoms with Crippen LogP contribution in [0.3, 0.4) is 0 Å². The molecule has 0 radical (unpaired) electrons. The Bertz CT molecular complexity index is 808. The molecular formula is C23H34N4O2. The monoisotopic (exact) mass is 398 g/mol. The molecule has 0 bridgehead atoms. The van der Waals surface area contributed by atoms with Crippen molar-refractivity contribution in [3.63, 3.8) is 0 Å². The highest BCUT2D eigenvalue weighted by Gasteiger charge is 2.35. The van der Waals surface area contributed by atoms with Crippen LogP contribution < -0.4 is 5.56 Å². The SMILES string of the molecule is O=C(C1CCCC1)N1CC[C@H](c2nc3c(c(=O)[nH]2)CCN(C2CCCCC2)C3)C1. The van der Waals surface area contributed by atoms with E-state index in [4.69, 9.17) is 4.98 Å². The topological polar surface area (TPSA) is 69.3 Å². The third-order valence-corrected chi connectivity index (χ3v) is 7.80. The molecule has 1 aromatic heterocycles. The molecule has 6 heteroatoms. The number of fused-ring (bicyclic) bond motifs is 1. The highest BCUT2D eigenvalue weighted by atomic mass is 16.2. The van der Waals surface area contributed by atoms with Crippen LogP contribution in [0.5, 0.6) is 0 Å². The van der Waals surface area contributed by atoms with Crippen molar-refractivity contribution < 1.29 is 4.79 Å². The van der Waals surface area contributed by atoms with Gasteiger partial charge in [0.15, 0.2) is 0 Å². The van der Waals surface area contributed by atoms with Crippen LogP contribution in [0.4, 0.5) is 0 Å². The summed E-state index contributed by atoms with van der Waals surface area (Å²) in [6, 6.07) is 0.660. The van der Waals surface area contributed by atoms with Crippen LogP contribution in [0.2, 0.25) is 0 Å². The fourth-order valence-corrected chi connectivity index (χ4v) is 6.04. The van der Waals surface area contributed by atoms with Crippen molar-refractivity contribution in [1.82, 2.24) is 19.8 Å². The first kappa shape index (κ1) is 19.3. The van der Waals surface area contributed by atoms with E-state index in [-0.39, 0.29) is 17.4 Å². The number of amides is 1. The zero-order chi connectivity index (χ0) is 19.8. The maximum atomic E-state index is 12.8. The fourth-order valence-electron chi connectivity index (χ4n) is 6.04. The molecule has 1 aromatic rings. The predicted octanol–water partition coefficient (Wildman–Crippen LogP) is 2.97. The van der Waals surface area contributed by atoms with Crippen LogP contribution in [0.25, 0.3) is 0 Å². The summed E-state index contributed by atoms with van der Waals surface area (Å²) in [6.45, 7) is 3.31. The fraction of sp³-hybridized carbons (Fsp3) is 0.783. The van der Waals surface area contributed by atoms with Crippen LogP contribution in [-0.4, -0.2) is 51.4 Å². The van der Waals surface area contributed by atoms with Crippen LogP contribution >= 0.6 is 0 Å². The Morgan fingerprint density at radius 3 is 2.52 bits per heavy atom. The lowest BCUT2D eigenvalue weighted by atomic mass is 9.92. The molecule has 2 aliphatic heterocycles. The normalized spacial score (nSPS) is 26.8. The highest BCUT2D eigenvalue weighted by Crippen LogP contribution is 2.32. The van der Waals surface area contributed by atoms with E-state index in [2.05, 4.69) is 9.88 Å². The molecule has 4 aliphatic rings. The van der Waals surface area contributed by atoms with Crippen molar-refractivity contribution >= 4 is 5.91 Å². The molecule has 1 saturated heterocycles. The number of likely N-dealkylation sites (tertiary alicyclic amines) is 1. The predicted molar refractivity (Wildman–Crippen MR) is 112 cm³/mol. The average Bonchev–Trinajstić information content (AvgIpc) is 3.46. The molecule has 158 valence electrons. The van der Waals surface area contributed by atoms with Crippen molar-refractivity contribution in [3.8, 4) is 0 Å². The van der Waals surface area contributed by atoms with Gasteiger partial charge in [0.2, 0.25) is 5.91 Å². The smallest absolute Gasteiger partial charge is 0.254 e. The molecule has 0 spiro atoms. The lowest BCUT2D eigenvalue weighted by molar-refractivity contribution is -0.134. The van der Waals surface area contributed by atoms with E-state index in [0.717, 1.165) is 62.4 Å². The zero-order valence-electron chi connectivity index (χ0n) is 17.5. The molecular weight excluding hydrogens is 364 g/mol. The first-order valence-electron chi connectivity index (χ1n) is 11.8. The molecule has 5 rings (SSSR count). The first-order valence-corrected chi connectivity index (χ1v) is 11.8. The molecule has 3 heterocycles. The van der Waals surface area contributed by atoms with Gasteiger partial charge in [0.25, 0.3) is 5.56 Å². The Morgan fingerprint density at radius 1 is 0.966 bits per heavy atom. The summed E-state index contributed by atoms with van der Waals surface area (Å²) in [5.41, 5.74) is 1.92. The van der Waals surface area contributed by atoms with Crippen molar-refractivity contribution in [2.24, 2.45) is 5.92 Å². The average molecular weight is 399 g/mol. The minimum atomic E-state index is 0.0499. The van der Waals surface area contributed by atoms with Gasteiger partial charge in [0.1, 0.15) is 5.82 Å². The van der Waals surface area contributed by atoms with Gasteiger partial charge in [0, 0.05) is 49.6 Å². The summed E-state index contributed by atoms with van der Waals surface area (Å²) < 4.78 is 0. The minimum Gasteiger partial charge on any atom is -0.342 e. The number of H-pyrrole nitrogens is 1. The van der Waals surface area contributed by atoms with E-state index in [1.54, 1.807) is 0 Å². The molecule has 0 aromatic carbocycles.